The summed E-state index contributed by atoms with van der Waals surface area (Å²) in [6.07, 6.45) is 0. The first-order valence-electron chi connectivity index (χ1n) is 10.2. The van der Waals surface area contributed by atoms with E-state index in [1.54, 1.807) is 0 Å². The van der Waals surface area contributed by atoms with Gasteiger partial charge in [-0.1, -0.05) is 60.7 Å². The zero-order chi connectivity index (χ0) is 20.9. The molecule has 0 spiro atoms. The van der Waals surface area contributed by atoms with Crippen LogP contribution < -0.4 is 20.1 Å². The van der Waals surface area contributed by atoms with Gasteiger partial charge in [0.05, 0.1) is 6.04 Å². The summed E-state index contributed by atoms with van der Waals surface area (Å²) >= 11 is 0. The third-order valence-electron chi connectivity index (χ3n) is 5.31. The lowest BCUT2D eigenvalue weighted by Crippen LogP contribution is -2.42. The molecule has 0 bridgehead atoms. The molecular weight excluding hydrogens is 376 g/mol. The van der Waals surface area contributed by atoms with Crippen LogP contribution in [0.3, 0.4) is 0 Å². The van der Waals surface area contributed by atoms with Crippen LogP contribution in [0.25, 0.3) is 11.1 Å². The van der Waals surface area contributed by atoms with Crippen LogP contribution in [0.1, 0.15) is 31.0 Å². The molecule has 4 rings (SSSR count). The van der Waals surface area contributed by atoms with Gasteiger partial charge in [0.25, 0.3) is 0 Å². The zero-order valence-electron chi connectivity index (χ0n) is 17.2. The smallest absolute Gasteiger partial charge is 0.237 e. The first-order valence-corrected chi connectivity index (χ1v) is 10.2. The second kappa shape index (κ2) is 9.01. The number of fused-ring (bicyclic) bond motifs is 1. The summed E-state index contributed by atoms with van der Waals surface area (Å²) < 4.78 is 10.7. The van der Waals surface area contributed by atoms with Gasteiger partial charge in [0.1, 0.15) is 0 Å². The van der Waals surface area contributed by atoms with E-state index in [1.807, 2.05) is 43.3 Å². The second-order valence-electron chi connectivity index (χ2n) is 7.50. The highest BCUT2D eigenvalue weighted by molar-refractivity contribution is 5.81. The standard InChI is InChI=1S/C25H26N2O3/c1-17(20-9-11-22(12-10-20)21-6-4-3-5-7-21)27-18(2)25(28)26-15-19-8-13-23-24(14-19)30-16-29-23/h3-14,17-18,27H,15-16H2,1-2H3,(H,26,28)/t17-,18-/m0/s1. The Labute approximate surface area is 177 Å². The molecule has 0 aromatic heterocycles. The minimum absolute atomic E-state index is 0.0413. The molecule has 5 heteroatoms. The summed E-state index contributed by atoms with van der Waals surface area (Å²) in [7, 11) is 0. The Morgan fingerprint density at radius 1 is 0.900 bits per heavy atom. The maximum atomic E-state index is 12.5. The quantitative estimate of drug-likeness (QED) is 0.614. The lowest BCUT2D eigenvalue weighted by Gasteiger charge is -2.20. The fourth-order valence-corrected chi connectivity index (χ4v) is 3.53. The van der Waals surface area contributed by atoms with E-state index in [9.17, 15) is 4.79 Å². The molecule has 1 heterocycles. The summed E-state index contributed by atoms with van der Waals surface area (Å²) in [6.45, 7) is 4.64. The molecule has 30 heavy (non-hydrogen) atoms. The van der Waals surface area contributed by atoms with Gasteiger partial charge < -0.3 is 14.8 Å². The molecule has 2 N–H and O–H groups in total. The van der Waals surface area contributed by atoms with Crippen LogP contribution in [0, 0.1) is 0 Å². The molecule has 0 radical (unpaired) electrons. The van der Waals surface area contributed by atoms with E-state index in [-0.39, 0.29) is 24.8 Å². The van der Waals surface area contributed by atoms with Crippen molar-refractivity contribution < 1.29 is 14.3 Å². The van der Waals surface area contributed by atoms with Gasteiger partial charge in [-0.25, -0.2) is 0 Å². The van der Waals surface area contributed by atoms with Crippen molar-refractivity contribution >= 4 is 5.91 Å². The normalized spacial score (nSPS) is 14.2. The van der Waals surface area contributed by atoms with E-state index >= 15 is 0 Å². The van der Waals surface area contributed by atoms with E-state index in [4.69, 9.17) is 9.47 Å². The van der Waals surface area contributed by atoms with Crippen LogP contribution in [0.5, 0.6) is 11.5 Å². The lowest BCUT2D eigenvalue weighted by molar-refractivity contribution is -0.123. The minimum atomic E-state index is -0.317. The van der Waals surface area contributed by atoms with E-state index in [1.165, 1.54) is 11.1 Å². The minimum Gasteiger partial charge on any atom is -0.454 e. The molecule has 3 aromatic carbocycles. The third-order valence-corrected chi connectivity index (χ3v) is 5.31. The van der Waals surface area contributed by atoms with E-state index < -0.39 is 0 Å². The fourth-order valence-electron chi connectivity index (χ4n) is 3.53. The van der Waals surface area contributed by atoms with Gasteiger partial charge in [-0.3, -0.25) is 10.1 Å². The second-order valence-corrected chi connectivity index (χ2v) is 7.50. The molecule has 3 aromatic rings. The van der Waals surface area contributed by atoms with E-state index in [0.29, 0.717) is 6.54 Å². The molecular formula is C25H26N2O3. The topological polar surface area (TPSA) is 59.6 Å². The summed E-state index contributed by atoms with van der Waals surface area (Å²) in [5, 5.41) is 6.36. The lowest BCUT2D eigenvalue weighted by atomic mass is 10.0. The summed E-state index contributed by atoms with van der Waals surface area (Å²) in [5.41, 5.74) is 4.50. The van der Waals surface area contributed by atoms with Crippen molar-refractivity contribution in [2.75, 3.05) is 6.79 Å². The van der Waals surface area contributed by atoms with Crippen molar-refractivity contribution in [2.24, 2.45) is 0 Å². The summed E-state index contributed by atoms with van der Waals surface area (Å²) in [5.74, 6) is 1.42. The molecule has 1 aliphatic rings. The molecule has 0 saturated carbocycles. The summed E-state index contributed by atoms with van der Waals surface area (Å²) in [6, 6.07) is 24.2. The third kappa shape index (κ3) is 4.63. The Morgan fingerprint density at radius 2 is 1.60 bits per heavy atom. The van der Waals surface area contributed by atoms with Crippen molar-refractivity contribution in [2.45, 2.75) is 32.5 Å². The van der Waals surface area contributed by atoms with Gasteiger partial charge in [-0.15, -0.1) is 0 Å². The summed E-state index contributed by atoms with van der Waals surface area (Å²) in [4.78, 5) is 12.5. The number of amides is 1. The molecule has 154 valence electrons. The van der Waals surface area contributed by atoms with Crippen molar-refractivity contribution in [1.29, 1.82) is 0 Å². The van der Waals surface area contributed by atoms with Gasteiger partial charge in [0.2, 0.25) is 12.7 Å². The molecule has 5 nitrogen and oxygen atoms in total. The Hall–Kier alpha value is -3.31. The zero-order valence-corrected chi connectivity index (χ0v) is 17.2. The van der Waals surface area contributed by atoms with Gasteiger partial charge in [-0.05, 0) is 48.2 Å². The molecule has 0 saturated heterocycles. The van der Waals surface area contributed by atoms with Gasteiger partial charge in [0, 0.05) is 12.6 Å². The largest absolute Gasteiger partial charge is 0.454 e. The molecule has 0 unspecified atom stereocenters. The van der Waals surface area contributed by atoms with E-state index in [2.05, 4.69) is 54.0 Å². The van der Waals surface area contributed by atoms with Crippen molar-refractivity contribution in [1.82, 2.24) is 10.6 Å². The van der Waals surface area contributed by atoms with Crippen LogP contribution in [0.2, 0.25) is 0 Å². The van der Waals surface area contributed by atoms with Gasteiger partial charge in [0.15, 0.2) is 11.5 Å². The van der Waals surface area contributed by atoms with Crippen LogP contribution in [-0.4, -0.2) is 18.7 Å². The van der Waals surface area contributed by atoms with Gasteiger partial charge in [-0.2, -0.15) is 0 Å². The number of hydrogen-bond acceptors (Lipinski definition) is 4. The first-order chi connectivity index (χ1) is 14.6. The Bertz CT molecular complexity index is 1000. The number of carbonyl (C=O) groups excluding carboxylic acids is 1. The van der Waals surface area contributed by atoms with Gasteiger partial charge >= 0.3 is 0 Å². The molecule has 1 aliphatic heterocycles. The van der Waals surface area contributed by atoms with Crippen molar-refractivity contribution in [3.63, 3.8) is 0 Å². The van der Waals surface area contributed by atoms with E-state index in [0.717, 1.165) is 22.6 Å². The maximum Gasteiger partial charge on any atom is 0.237 e. The molecule has 1 amide bonds. The SMILES string of the molecule is C[C@H](N[C@@H](C)c1ccc(-c2ccccc2)cc1)C(=O)NCc1ccc2c(c1)OCO2. The highest BCUT2D eigenvalue weighted by Gasteiger charge is 2.17. The highest BCUT2D eigenvalue weighted by Crippen LogP contribution is 2.32. The number of benzene rings is 3. The molecule has 2 atom stereocenters. The Balaban J connectivity index is 1.30. The number of nitrogens with one attached hydrogen (secondary N) is 2. The van der Waals surface area contributed by atoms with Crippen LogP contribution in [0.4, 0.5) is 0 Å². The molecule has 0 aliphatic carbocycles. The van der Waals surface area contributed by atoms with Crippen LogP contribution in [-0.2, 0) is 11.3 Å². The average molecular weight is 402 g/mol. The maximum absolute atomic E-state index is 12.5. The number of rotatable bonds is 7. The molecule has 0 fully saturated rings. The van der Waals surface area contributed by atoms with Crippen molar-refractivity contribution in [3.05, 3.63) is 83.9 Å². The Morgan fingerprint density at radius 3 is 2.37 bits per heavy atom. The number of carbonyl (C=O) groups is 1. The number of hydrogen-bond donors (Lipinski definition) is 2. The fraction of sp³-hybridized carbons (Fsp3) is 0.240. The predicted molar refractivity (Wildman–Crippen MR) is 117 cm³/mol. The van der Waals surface area contributed by atoms with Crippen molar-refractivity contribution in [3.8, 4) is 22.6 Å². The average Bonchev–Trinajstić information content (AvgIpc) is 3.26. The highest BCUT2D eigenvalue weighted by atomic mass is 16.7. The Kier molecular flexibility index (Phi) is 6.00. The predicted octanol–water partition coefficient (Wildman–Crippen LogP) is 4.44. The van der Waals surface area contributed by atoms with Crippen LogP contribution in [0.15, 0.2) is 72.8 Å². The monoisotopic (exact) mass is 402 g/mol. The van der Waals surface area contributed by atoms with Crippen LogP contribution >= 0.6 is 0 Å². The number of ether oxygens (including phenoxy) is 2. The first kappa shape index (κ1) is 20.0.